The highest BCUT2D eigenvalue weighted by Gasteiger charge is 2.11. The fraction of sp³-hybridized carbons (Fsp3) is 0.182. The molecule has 1 unspecified atom stereocenters. The molecule has 0 saturated carbocycles. The molecular formula is C22H21ClN2O4. The van der Waals surface area contributed by atoms with Crippen LogP contribution in [0.1, 0.15) is 15.9 Å². The van der Waals surface area contributed by atoms with E-state index in [0.717, 1.165) is 5.56 Å². The predicted octanol–water partition coefficient (Wildman–Crippen LogP) is 4.50. The number of hydrogen-bond acceptors (Lipinski definition) is 5. The van der Waals surface area contributed by atoms with Crippen LogP contribution in [0.3, 0.4) is 0 Å². The Hall–Kier alpha value is -3.09. The van der Waals surface area contributed by atoms with E-state index in [1.54, 1.807) is 43.6 Å². The zero-order valence-corrected chi connectivity index (χ0v) is 16.6. The number of rotatable bonds is 9. The van der Waals surface area contributed by atoms with E-state index < -0.39 is 5.56 Å². The number of ether oxygens (including phenoxy) is 3. The lowest BCUT2D eigenvalue weighted by atomic mass is 10.2. The molecule has 1 N–H and O–H groups in total. The van der Waals surface area contributed by atoms with Crippen LogP contribution >= 0.6 is 11.6 Å². The molecule has 1 aromatic heterocycles. The van der Waals surface area contributed by atoms with E-state index in [-0.39, 0.29) is 19.1 Å². The first kappa shape index (κ1) is 20.6. The summed E-state index contributed by atoms with van der Waals surface area (Å²) < 4.78 is 16.4. The number of nitrogens with zero attached hydrogens (tertiary/aromatic N) is 1. The zero-order valence-electron chi connectivity index (χ0n) is 15.9. The molecule has 1 heterocycles. The summed E-state index contributed by atoms with van der Waals surface area (Å²) in [6, 6.07) is 19.8. The lowest BCUT2D eigenvalue weighted by molar-refractivity contribution is 0.102. The van der Waals surface area contributed by atoms with Crippen LogP contribution in [0, 0.1) is 0 Å². The Balaban J connectivity index is 1.65. The molecule has 0 bridgehead atoms. The standard InChI is InChI=1S/C22H21ClN2O4/c1-27-15-20(23)29-18-10-5-7-16(13-18)14-28-22-19(11-6-12-24-22)25-21(26)17-8-3-2-4-9-17/h2-13,20H,14-15H2,1H3,(H,25,26). The second kappa shape index (κ2) is 10.5. The van der Waals surface area contributed by atoms with Gasteiger partial charge >= 0.3 is 0 Å². The number of hydrogen-bond donors (Lipinski definition) is 1. The largest absolute Gasteiger partial charge is 0.472 e. The molecule has 0 aliphatic heterocycles. The van der Waals surface area contributed by atoms with Gasteiger partial charge in [-0.2, -0.15) is 0 Å². The molecule has 0 aliphatic carbocycles. The molecule has 1 atom stereocenters. The summed E-state index contributed by atoms with van der Waals surface area (Å²) in [5.74, 6) is 0.713. The SMILES string of the molecule is COCC(Cl)Oc1cccc(COc2ncccc2NC(=O)c2ccccc2)c1. The molecular weight excluding hydrogens is 392 g/mol. The first-order valence-corrected chi connectivity index (χ1v) is 9.42. The number of carbonyl (C=O) groups is 1. The molecule has 3 rings (SSSR count). The van der Waals surface area contributed by atoms with Crippen molar-refractivity contribution in [3.63, 3.8) is 0 Å². The molecule has 0 aliphatic rings. The van der Waals surface area contributed by atoms with Gasteiger partial charge in [0.25, 0.3) is 5.91 Å². The molecule has 29 heavy (non-hydrogen) atoms. The van der Waals surface area contributed by atoms with E-state index in [2.05, 4.69) is 10.3 Å². The highest BCUT2D eigenvalue weighted by molar-refractivity contribution is 6.20. The minimum Gasteiger partial charge on any atom is -0.472 e. The van der Waals surface area contributed by atoms with E-state index in [1.807, 2.05) is 36.4 Å². The Morgan fingerprint density at radius 1 is 1.10 bits per heavy atom. The van der Waals surface area contributed by atoms with Crippen LogP contribution in [0.5, 0.6) is 11.6 Å². The Morgan fingerprint density at radius 2 is 1.93 bits per heavy atom. The van der Waals surface area contributed by atoms with Crippen molar-refractivity contribution in [3.8, 4) is 11.6 Å². The van der Waals surface area contributed by atoms with Gasteiger partial charge in [0.1, 0.15) is 18.0 Å². The maximum Gasteiger partial charge on any atom is 0.255 e. The van der Waals surface area contributed by atoms with Crippen LogP contribution < -0.4 is 14.8 Å². The molecule has 0 fully saturated rings. The van der Waals surface area contributed by atoms with Crippen LogP contribution in [0.4, 0.5) is 5.69 Å². The van der Waals surface area contributed by atoms with Crippen LogP contribution in [0.25, 0.3) is 0 Å². The van der Waals surface area contributed by atoms with E-state index in [4.69, 9.17) is 25.8 Å². The maximum absolute atomic E-state index is 12.4. The molecule has 150 valence electrons. The summed E-state index contributed by atoms with van der Waals surface area (Å²) in [7, 11) is 1.56. The van der Waals surface area contributed by atoms with E-state index in [0.29, 0.717) is 22.9 Å². The van der Waals surface area contributed by atoms with Crippen molar-refractivity contribution in [2.24, 2.45) is 0 Å². The number of anilines is 1. The van der Waals surface area contributed by atoms with Crippen LogP contribution in [-0.2, 0) is 11.3 Å². The summed E-state index contributed by atoms with van der Waals surface area (Å²) in [5, 5.41) is 2.83. The van der Waals surface area contributed by atoms with Gasteiger partial charge in [-0.05, 0) is 42.0 Å². The molecule has 7 heteroatoms. The zero-order chi connectivity index (χ0) is 20.5. The summed E-state index contributed by atoms with van der Waals surface area (Å²) in [6.45, 7) is 0.528. The minimum absolute atomic E-state index is 0.231. The smallest absolute Gasteiger partial charge is 0.255 e. The Kier molecular flexibility index (Phi) is 7.44. The predicted molar refractivity (Wildman–Crippen MR) is 112 cm³/mol. The topological polar surface area (TPSA) is 69.7 Å². The lowest BCUT2D eigenvalue weighted by Gasteiger charge is -2.14. The number of methoxy groups -OCH3 is 1. The molecule has 0 spiro atoms. The van der Waals surface area contributed by atoms with Gasteiger partial charge in [-0.15, -0.1) is 0 Å². The van der Waals surface area contributed by atoms with Gasteiger partial charge < -0.3 is 19.5 Å². The lowest BCUT2D eigenvalue weighted by Crippen LogP contribution is -2.15. The minimum atomic E-state index is -0.577. The number of amides is 1. The third-order valence-electron chi connectivity index (χ3n) is 3.89. The molecule has 2 aromatic carbocycles. The summed E-state index contributed by atoms with van der Waals surface area (Å²) in [6.07, 6.45) is 1.61. The van der Waals surface area contributed by atoms with Gasteiger partial charge in [0.15, 0.2) is 5.56 Å². The van der Waals surface area contributed by atoms with Gasteiger partial charge in [0, 0.05) is 18.9 Å². The normalized spacial score (nSPS) is 11.5. The Morgan fingerprint density at radius 3 is 2.72 bits per heavy atom. The number of pyridine rings is 1. The second-order valence-electron chi connectivity index (χ2n) is 6.10. The summed E-state index contributed by atoms with van der Waals surface area (Å²) >= 11 is 6.03. The van der Waals surface area contributed by atoms with Crippen LogP contribution in [-0.4, -0.2) is 30.2 Å². The monoisotopic (exact) mass is 412 g/mol. The first-order chi connectivity index (χ1) is 14.2. The summed E-state index contributed by atoms with van der Waals surface area (Å²) in [5.41, 5.74) is 1.34. The van der Waals surface area contributed by atoms with Crippen molar-refractivity contribution in [1.82, 2.24) is 4.98 Å². The number of alkyl halides is 1. The average Bonchev–Trinajstić information content (AvgIpc) is 2.74. The van der Waals surface area contributed by atoms with Crippen molar-refractivity contribution in [1.29, 1.82) is 0 Å². The molecule has 6 nitrogen and oxygen atoms in total. The van der Waals surface area contributed by atoms with E-state index in [9.17, 15) is 4.79 Å². The third-order valence-corrected chi connectivity index (χ3v) is 4.11. The fourth-order valence-electron chi connectivity index (χ4n) is 2.56. The molecule has 1 amide bonds. The Bertz CT molecular complexity index is 937. The van der Waals surface area contributed by atoms with Crippen molar-refractivity contribution < 1.29 is 19.0 Å². The number of halogens is 1. The number of carbonyl (C=O) groups excluding carboxylic acids is 1. The highest BCUT2D eigenvalue weighted by atomic mass is 35.5. The van der Waals surface area contributed by atoms with Crippen molar-refractivity contribution in [2.45, 2.75) is 12.2 Å². The number of nitrogens with one attached hydrogen (secondary N) is 1. The van der Waals surface area contributed by atoms with Crippen molar-refractivity contribution >= 4 is 23.2 Å². The van der Waals surface area contributed by atoms with Gasteiger partial charge in [0.2, 0.25) is 5.88 Å². The Labute approximate surface area is 174 Å². The van der Waals surface area contributed by atoms with Gasteiger partial charge in [-0.25, -0.2) is 4.98 Å². The summed E-state index contributed by atoms with van der Waals surface area (Å²) in [4.78, 5) is 16.6. The van der Waals surface area contributed by atoms with E-state index in [1.165, 1.54) is 0 Å². The first-order valence-electron chi connectivity index (χ1n) is 8.98. The fourth-order valence-corrected chi connectivity index (χ4v) is 2.79. The quantitative estimate of drug-likeness (QED) is 0.524. The van der Waals surface area contributed by atoms with Crippen molar-refractivity contribution in [3.05, 3.63) is 84.1 Å². The average molecular weight is 413 g/mol. The number of benzene rings is 2. The van der Waals surface area contributed by atoms with Crippen LogP contribution in [0.2, 0.25) is 0 Å². The van der Waals surface area contributed by atoms with Crippen LogP contribution in [0.15, 0.2) is 72.9 Å². The van der Waals surface area contributed by atoms with E-state index >= 15 is 0 Å². The van der Waals surface area contributed by atoms with Gasteiger partial charge in [-0.1, -0.05) is 41.9 Å². The third kappa shape index (κ3) is 6.20. The second-order valence-corrected chi connectivity index (χ2v) is 6.58. The van der Waals surface area contributed by atoms with Gasteiger partial charge in [-0.3, -0.25) is 4.79 Å². The number of aromatic nitrogens is 1. The maximum atomic E-state index is 12.4. The molecule has 3 aromatic rings. The van der Waals surface area contributed by atoms with Crippen molar-refractivity contribution in [2.75, 3.05) is 19.0 Å². The van der Waals surface area contributed by atoms with Gasteiger partial charge in [0.05, 0.1) is 6.61 Å². The molecule has 0 radical (unpaired) electrons. The molecule has 0 saturated heterocycles. The highest BCUT2D eigenvalue weighted by Crippen LogP contribution is 2.23.